The van der Waals surface area contributed by atoms with Crippen molar-refractivity contribution >= 4 is 0 Å². The Morgan fingerprint density at radius 2 is 2.00 bits per heavy atom. The molecule has 0 spiro atoms. The minimum atomic E-state index is 0.114. The van der Waals surface area contributed by atoms with Gasteiger partial charge >= 0.3 is 0 Å². The molecule has 2 aromatic rings. The Bertz CT molecular complexity index is 588. The maximum Gasteiger partial charge on any atom is 0.0364 e. The summed E-state index contributed by atoms with van der Waals surface area (Å²) in [6.07, 6.45) is 4.73. The van der Waals surface area contributed by atoms with E-state index < -0.39 is 0 Å². The van der Waals surface area contributed by atoms with Crippen molar-refractivity contribution in [2.75, 3.05) is 0 Å². The maximum absolute atomic E-state index is 6.61. The van der Waals surface area contributed by atoms with E-state index in [1.54, 1.807) is 0 Å². The number of nitrogens with two attached hydrogens (primary N) is 1. The molecule has 20 heavy (non-hydrogen) atoms. The van der Waals surface area contributed by atoms with Gasteiger partial charge < -0.3 is 5.73 Å². The minimum Gasteiger partial charge on any atom is -0.323 e. The molecule has 3 rings (SSSR count). The molecule has 0 saturated heterocycles. The predicted molar refractivity (Wildman–Crippen MR) is 84.9 cm³/mol. The van der Waals surface area contributed by atoms with E-state index in [4.69, 9.17) is 5.73 Å². The lowest BCUT2D eigenvalue weighted by Crippen LogP contribution is -2.23. The Morgan fingerprint density at radius 1 is 1.15 bits per heavy atom. The van der Waals surface area contributed by atoms with Crippen molar-refractivity contribution < 1.29 is 0 Å². The van der Waals surface area contributed by atoms with Gasteiger partial charge in [-0.1, -0.05) is 55.5 Å². The maximum atomic E-state index is 6.61. The fraction of sp³-hybridized carbons (Fsp3) is 0.368. The zero-order chi connectivity index (χ0) is 13.9. The Kier molecular flexibility index (Phi) is 3.88. The van der Waals surface area contributed by atoms with Crippen LogP contribution in [0.2, 0.25) is 0 Å². The minimum absolute atomic E-state index is 0.114. The Labute approximate surface area is 121 Å². The topological polar surface area (TPSA) is 26.0 Å². The first kappa shape index (κ1) is 13.4. The van der Waals surface area contributed by atoms with Gasteiger partial charge in [-0.15, -0.1) is 0 Å². The van der Waals surface area contributed by atoms with Gasteiger partial charge in [-0.25, -0.2) is 0 Å². The van der Waals surface area contributed by atoms with Crippen molar-refractivity contribution in [2.45, 2.75) is 44.6 Å². The molecule has 0 fully saturated rings. The average Bonchev–Trinajstić information content (AvgIpc) is 2.53. The van der Waals surface area contributed by atoms with Crippen LogP contribution in [0, 0.1) is 0 Å². The van der Waals surface area contributed by atoms with Gasteiger partial charge in [-0.2, -0.15) is 0 Å². The molecule has 0 amide bonds. The molecule has 2 aromatic carbocycles. The lowest BCUT2D eigenvalue weighted by molar-refractivity contribution is 0.474. The van der Waals surface area contributed by atoms with Crippen LogP contribution >= 0.6 is 0 Å². The summed E-state index contributed by atoms with van der Waals surface area (Å²) in [7, 11) is 0. The van der Waals surface area contributed by atoms with E-state index in [0.717, 1.165) is 6.42 Å². The van der Waals surface area contributed by atoms with Gasteiger partial charge in [0.25, 0.3) is 0 Å². The first-order chi connectivity index (χ1) is 9.79. The van der Waals surface area contributed by atoms with Crippen LogP contribution in [0.15, 0.2) is 48.5 Å². The Balaban J connectivity index is 1.93. The predicted octanol–water partition coefficient (Wildman–Crippen LogP) is 4.37. The molecular formula is C19H23N. The Morgan fingerprint density at radius 3 is 2.85 bits per heavy atom. The molecule has 0 heterocycles. The second kappa shape index (κ2) is 5.80. The molecule has 0 radical (unpaired) electrons. The molecule has 2 atom stereocenters. The van der Waals surface area contributed by atoms with Crippen LogP contribution in [0.3, 0.4) is 0 Å². The smallest absolute Gasteiger partial charge is 0.0364 e. The molecule has 1 heteroatoms. The molecule has 1 aliphatic rings. The Hall–Kier alpha value is -1.60. The lowest BCUT2D eigenvalue weighted by atomic mass is 9.77. The molecule has 0 bridgehead atoms. The fourth-order valence-electron chi connectivity index (χ4n) is 3.42. The van der Waals surface area contributed by atoms with Crippen LogP contribution in [0.1, 0.15) is 54.0 Å². The number of aryl methyl sites for hydroxylation is 2. The second-order valence-corrected chi connectivity index (χ2v) is 5.82. The summed E-state index contributed by atoms with van der Waals surface area (Å²) < 4.78 is 0. The third-order valence-electron chi connectivity index (χ3n) is 4.59. The molecule has 0 saturated carbocycles. The standard InChI is InChI=1S/C19H23N/c1-2-14-7-5-10-16(13-14)19(20)18-12-6-9-15-8-3-4-11-17(15)18/h3-5,7-8,10-11,13,18-19H,2,6,9,12,20H2,1H3. The summed E-state index contributed by atoms with van der Waals surface area (Å²) in [4.78, 5) is 0. The number of hydrogen-bond donors (Lipinski definition) is 1. The van der Waals surface area contributed by atoms with Crippen LogP contribution in [0.25, 0.3) is 0 Å². The highest BCUT2D eigenvalue weighted by molar-refractivity contribution is 5.37. The molecular weight excluding hydrogens is 242 g/mol. The second-order valence-electron chi connectivity index (χ2n) is 5.82. The molecule has 2 unspecified atom stereocenters. The summed E-state index contributed by atoms with van der Waals surface area (Å²) in [6.45, 7) is 2.19. The fourth-order valence-corrected chi connectivity index (χ4v) is 3.42. The van der Waals surface area contributed by atoms with Crippen molar-refractivity contribution in [2.24, 2.45) is 5.73 Å². The number of fused-ring (bicyclic) bond motifs is 1. The zero-order valence-corrected chi connectivity index (χ0v) is 12.2. The SMILES string of the molecule is CCc1cccc(C(N)C2CCCc3ccccc32)c1. The van der Waals surface area contributed by atoms with Gasteiger partial charge in [0, 0.05) is 12.0 Å². The number of rotatable bonds is 3. The van der Waals surface area contributed by atoms with Crippen molar-refractivity contribution in [3.8, 4) is 0 Å². The van der Waals surface area contributed by atoms with E-state index in [1.165, 1.54) is 41.5 Å². The monoisotopic (exact) mass is 265 g/mol. The first-order valence-corrected chi connectivity index (χ1v) is 7.72. The van der Waals surface area contributed by atoms with Crippen LogP contribution in [0.4, 0.5) is 0 Å². The van der Waals surface area contributed by atoms with Crippen molar-refractivity contribution in [1.29, 1.82) is 0 Å². The van der Waals surface area contributed by atoms with Gasteiger partial charge in [0.05, 0.1) is 0 Å². The summed E-state index contributed by atoms with van der Waals surface area (Å²) in [6, 6.07) is 17.7. The van der Waals surface area contributed by atoms with E-state index in [0.29, 0.717) is 5.92 Å². The van der Waals surface area contributed by atoms with E-state index in [-0.39, 0.29) is 6.04 Å². The third-order valence-corrected chi connectivity index (χ3v) is 4.59. The van der Waals surface area contributed by atoms with Gasteiger partial charge in [-0.05, 0) is 47.9 Å². The first-order valence-electron chi connectivity index (χ1n) is 7.72. The zero-order valence-electron chi connectivity index (χ0n) is 12.2. The quantitative estimate of drug-likeness (QED) is 0.876. The van der Waals surface area contributed by atoms with E-state index in [9.17, 15) is 0 Å². The summed E-state index contributed by atoms with van der Waals surface area (Å²) in [5.41, 5.74) is 12.2. The lowest BCUT2D eigenvalue weighted by Gasteiger charge is -2.30. The van der Waals surface area contributed by atoms with Gasteiger partial charge in [-0.3, -0.25) is 0 Å². The van der Waals surface area contributed by atoms with Crippen molar-refractivity contribution in [1.82, 2.24) is 0 Å². The molecule has 0 aromatic heterocycles. The molecule has 0 aliphatic heterocycles. The number of hydrogen-bond acceptors (Lipinski definition) is 1. The molecule has 1 nitrogen and oxygen atoms in total. The largest absolute Gasteiger partial charge is 0.323 e. The summed E-state index contributed by atoms with van der Waals surface area (Å²) in [5, 5.41) is 0. The van der Waals surface area contributed by atoms with Crippen LogP contribution in [-0.2, 0) is 12.8 Å². The highest BCUT2D eigenvalue weighted by atomic mass is 14.7. The van der Waals surface area contributed by atoms with E-state index >= 15 is 0 Å². The molecule has 2 N–H and O–H groups in total. The van der Waals surface area contributed by atoms with Crippen LogP contribution in [-0.4, -0.2) is 0 Å². The van der Waals surface area contributed by atoms with E-state index in [1.807, 2.05) is 0 Å². The summed E-state index contributed by atoms with van der Waals surface area (Å²) in [5.74, 6) is 0.465. The van der Waals surface area contributed by atoms with Gasteiger partial charge in [0.2, 0.25) is 0 Å². The highest BCUT2D eigenvalue weighted by Gasteiger charge is 2.26. The van der Waals surface area contributed by atoms with Gasteiger partial charge in [0.1, 0.15) is 0 Å². The molecule has 104 valence electrons. The summed E-state index contributed by atoms with van der Waals surface area (Å²) >= 11 is 0. The van der Waals surface area contributed by atoms with Crippen molar-refractivity contribution in [3.63, 3.8) is 0 Å². The van der Waals surface area contributed by atoms with Crippen molar-refractivity contribution in [3.05, 3.63) is 70.8 Å². The normalized spacial score (nSPS) is 19.4. The van der Waals surface area contributed by atoms with Crippen LogP contribution in [0.5, 0.6) is 0 Å². The highest BCUT2D eigenvalue weighted by Crippen LogP contribution is 2.39. The van der Waals surface area contributed by atoms with E-state index in [2.05, 4.69) is 55.5 Å². The van der Waals surface area contributed by atoms with Crippen LogP contribution < -0.4 is 5.73 Å². The number of benzene rings is 2. The molecule has 1 aliphatic carbocycles. The average molecular weight is 265 g/mol. The van der Waals surface area contributed by atoms with Gasteiger partial charge in [0.15, 0.2) is 0 Å². The third kappa shape index (κ3) is 2.51.